The van der Waals surface area contributed by atoms with Gasteiger partial charge in [0.2, 0.25) is 5.91 Å². The third kappa shape index (κ3) is 4.87. The quantitative estimate of drug-likeness (QED) is 0.537. The highest BCUT2D eigenvalue weighted by atomic mass is 16.5. The van der Waals surface area contributed by atoms with E-state index in [1.54, 1.807) is 0 Å². The lowest BCUT2D eigenvalue weighted by Crippen LogP contribution is -2.50. The third-order valence-electron chi connectivity index (χ3n) is 6.48. The minimum Gasteiger partial charge on any atom is -0.481 e. The van der Waals surface area contributed by atoms with Crippen LogP contribution in [-0.2, 0) is 14.3 Å². The van der Waals surface area contributed by atoms with E-state index in [0.29, 0.717) is 19.3 Å². The number of carboxylic acids is 1. The maximum atomic E-state index is 12.7. The zero-order valence-electron chi connectivity index (χ0n) is 19.0. The summed E-state index contributed by atoms with van der Waals surface area (Å²) in [4.78, 5) is 36.7. The minimum atomic E-state index is -1.01. The van der Waals surface area contributed by atoms with Gasteiger partial charge in [-0.25, -0.2) is 4.79 Å². The van der Waals surface area contributed by atoms with Gasteiger partial charge in [0.25, 0.3) is 0 Å². The number of nitrogens with one attached hydrogen (secondary N) is 2. The Labute approximate surface area is 193 Å². The van der Waals surface area contributed by atoms with Gasteiger partial charge in [-0.2, -0.15) is 0 Å². The van der Waals surface area contributed by atoms with Crippen molar-refractivity contribution < 1.29 is 24.2 Å². The van der Waals surface area contributed by atoms with Crippen LogP contribution >= 0.6 is 0 Å². The first-order valence-electron chi connectivity index (χ1n) is 11.4. The first kappa shape index (κ1) is 22.8. The Balaban J connectivity index is 1.34. The molecule has 1 unspecified atom stereocenters. The Kier molecular flexibility index (Phi) is 6.40. The summed E-state index contributed by atoms with van der Waals surface area (Å²) in [5.41, 5.74) is 3.53. The number of carbonyl (C=O) groups is 3. The normalized spacial score (nSPS) is 16.5. The molecule has 3 N–H and O–H groups in total. The molecule has 0 heterocycles. The Morgan fingerprint density at radius 2 is 1.61 bits per heavy atom. The number of aliphatic carboxylic acids is 1. The van der Waals surface area contributed by atoms with Crippen molar-refractivity contribution in [2.75, 3.05) is 13.2 Å². The van der Waals surface area contributed by atoms with Crippen molar-refractivity contribution in [1.82, 2.24) is 10.6 Å². The van der Waals surface area contributed by atoms with Crippen molar-refractivity contribution >= 4 is 18.0 Å². The predicted molar refractivity (Wildman–Crippen MR) is 124 cm³/mol. The van der Waals surface area contributed by atoms with Crippen molar-refractivity contribution in [2.45, 2.75) is 44.6 Å². The second-order valence-corrected chi connectivity index (χ2v) is 9.41. The Morgan fingerprint density at radius 1 is 1.03 bits per heavy atom. The van der Waals surface area contributed by atoms with Gasteiger partial charge < -0.3 is 20.5 Å². The van der Waals surface area contributed by atoms with E-state index in [1.807, 2.05) is 50.2 Å². The number of carboxylic acid groups (broad SMARTS) is 1. The maximum Gasteiger partial charge on any atom is 0.408 e. The number of rotatable bonds is 9. The van der Waals surface area contributed by atoms with Crippen LogP contribution in [0.1, 0.15) is 50.2 Å². The summed E-state index contributed by atoms with van der Waals surface area (Å²) in [5, 5.41) is 14.8. The van der Waals surface area contributed by atoms with E-state index in [4.69, 9.17) is 4.74 Å². The number of alkyl carbamates (subject to hydrolysis) is 1. The molecular formula is C26H30N2O5. The van der Waals surface area contributed by atoms with Crippen LogP contribution in [0.25, 0.3) is 11.1 Å². The molecule has 0 spiro atoms. The molecule has 2 amide bonds. The van der Waals surface area contributed by atoms with Gasteiger partial charge in [-0.05, 0) is 47.4 Å². The molecule has 2 aliphatic rings. The average Bonchev–Trinajstić information content (AvgIpc) is 3.50. The highest BCUT2D eigenvalue weighted by molar-refractivity contribution is 5.93. The number of hydrogen-bond donors (Lipinski definition) is 3. The molecule has 2 aromatic carbocycles. The average molecular weight is 451 g/mol. The van der Waals surface area contributed by atoms with Gasteiger partial charge in [-0.3, -0.25) is 9.59 Å². The summed E-state index contributed by atoms with van der Waals surface area (Å²) in [6.45, 7) is 4.10. The third-order valence-corrected chi connectivity index (χ3v) is 6.48. The van der Waals surface area contributed by atoms with Crippen LogP contribution in [0.4, 0.5) is 4.79 Å². The van der Waals surface area contributed by atoms with Crippen molar-refractivity contribution in [3.05, 3.63) is 59.7 Å². The Hall–Kier alpha value is -3.35. The number of amides is 2. The number of hydrogen-bond acceptors (Lipinski definition) is 4. The molecule has 2 aromatic rings. The Morgan fingerprint density at radius 3 is 2.12 bits per heavy atom. The molecule has 33 heavy (non-hydrogen) atoms. The smallest absolute Gasteiger partial charge is 0.408 e. The topological polar surface area (TPSA) is 105 Å². The standard InChI is InChI=1S/C26H30N2O5/c1-16(2)13-17(23(29)30)14-27-24(31)26(11-12-26)28-25(32)33-15-22-20-9-5-3-7-18(20)19-8-4-6-10-21(19)22/h3-10,16-17,22H,11-15H2,1-2H3,(H,27,31)(H,28,32)(H,29,30). The summed E-state index contributed by atoms with van der Waals surface area (Å²) in [5.74, 6) is -1.79. The summed E-state index contributed by atoms with van der Waals surface area (Å²) < 4.78 is 5.56. The van der Waals surface area contributed by atoms with E-state index < -0.39 is 23.5 Å². The number of ether oxygens (including phenoxy) is 1. The molecule has 0 aliphatic heterocycles. The molecular weight excluding hydrogens is 420 g/mol. The molecule has 1 atom stereocenters. The van der Waals surface area contributed by atoms with Gasteiger partial charge in [-0.1, -0.05) is 62.4 Å². The number of carbonyl (C=O) groups excluding carboxylic acids is 2. The SMILES string of the molecule is CC(C)CC(CNC(=O)C1(NC(=O)OCC2c3ccccc3-c3ccccc32)CC1)C(=O)O. The van der Waals surface area contributed by atoms with Gasteiger partial charge in [0.05, 0.1) is 5.92 Å². The van der Waals surface area contributed by atoms with E-state index >= 15 is 0 Å². The zero-order valence-corrected chi connectivity index (χ0v) is 19.0. The molecule has 2 aliphatic carbocycles. The highest BCUT2D eigenvalue weighted by Gasteiger charge is 2.51. The first-order valence-corrected chi connectivity index (χ1v) is 11.4. The van der Waals surface area contributed by atoms with E-state index in [2.05, 4.69) is 22.8 Å². The van der Waals surface area contributed by atoms with Crippen molar-refractivity contribution in [1.29, 1.82) is 0 Å². The van der Waals surface area contributed by atoms with Crippen LogP contribution in [0, 0.1) is 11.8 Å². The lowest BCUT2D eigenvalue weighted by atomic mass is 9.97. The Bertz CT molecular complexity index is 1010. The van der Waals surface area contributed by atoms with Crippen LogP contribution in [0.3, 0.4) is 0 Å². The molecule has 1 saturated carbocycles. The molecule has 7 heteroatoms. The summed E-state index contributed by atoms with van der Waals surface area (Å²) in [6.07, 6.45) is 0.847. The number of benzene rings is 2. The highest BCUT2D eigenvalue weighted by Crippen LogP contribution is 2.44. The molecule has 1 fully saturated rings. The van der Waals surface area contributed by atoms with Crippen LogP contribution in [0.5, 0.6) is 0 Å². The van der Waals surface area contributed by atoms with Crippen molar-refractivity contribution in [2.24, 2.45) is 11.8 Å². The largest absolute Gasteiger partial charge is 0.481 e. The van der Waals surface area contributed by atoms with Gasteiger partial charge in [0.1, 0.15) is 12.1 Å². The van der Waals surface area contributed by atoms with E-state index in [-0.39, 0.29) is 30.9 Å². The monoisotopic (exact) mass is 450 g/mol. The van der Waals surface area contributed by atoms with E-state index in [9.17, 15) is 19.5 Å². The van der Waals surface area contributed by atoms with Crippen molar-refractivity contribution in [3.8, 4) is 11.1 Å². The lowest BCUT2D eigenvalue weighted by Gasteiger charge is -2.21. The molecule has 0 aromatic heterocycles. The fourth-order valence-corrected chi connectivity index (χ4v) is 4.59. The molecule has 174 valence electrons. The summed E-state index contributed by atoms with van der Waals surface area (Å²) in [7, 11) is 0. The van der Waals surface area contributed by atoms with Gasteiger partial charge in [-0.15, -0.1) is 0 Å². The second-order valence-electron chi connectivity index (χ2n) is 9.41. The maximum absolute atomic E-state index is 12.7. The molecule has 0 saturated heterocycles. The van der Waals surface area contributed by atoms with E-state index in [0.717, 1.165) is 22.3 Å². The molecule has 7 nitrogen and oxygen atoms in total. The summed E-state index contributed by atoms with van der Waals surface area (Å²) in [6, 6.07) is 16.2. The number of fused-ring (bicyclic) bond motifs is 3. The fraction of sp³-hybridized carbons (Fsp3) is 0.423. The fourth-order valence-electron chi connectivity index (χ4n) is 4.59. The van der Waals surface area contributed by atoms with Gasteiger partial charge in [0.15, 0.2) is 0 Å². The van der Waals surface area contributed by atoms with Crippen molar-refractivity contribution in [3.63, 3.8) is 0 Å². The molecule has 0 bridgehead atoms. The summed E-state index contributed by atoms with van der Waals surface area (Å²) >= 11 is 0. The van der Waals surface area contributed by atoms with Crippen LogP contribution in [0.15, 0.2) is 48.5 Å². The van der Waals surface area contributed by atoms with E-state index in [1.165, 1.54) is 0 Å². The molecule has 0 radical (unpaired) electrons. The van der Waals surface area contributed by atoms with Crippen LogP contribution in [0.2, 0.25) is 0 Å². The second kappa shape index (κ2) is 9.25. The predicted octanol–water partition coefficient (Wildman–Crippen LogP) is 3.92. The van der Waals surface area contributed by atoms with Gasteiger partial charge in [0, 0.05) is 12.5 Å². The van der Waals surface area contributed by atoms with Crippen LogP contribution in [-0.4, -0.2) is 41.8 Å². The minimum absolute atomic E-state index is 0.0421. The van der Waals surface area contributed by atoms with Crippen LogP contribution < -0.4 is 10.6 Å². The zero-order chi connectivity index (χ0) is 23.6. The molecule has 4 rings (SSSR count). The van der Waals surface area contributed by atoms with Gasteiger partial charge >= 0.3 is 12.1 Å². The lowest BCUT2D eigenvalue weighted by molar-refractivity contribution is -0.142. The first-order chi connectivity index (χ1) is 15.8.